The molecule has 0 aromatic carbocycles. The molecule has 0 saturated carbocycles. The van der Waals surface area contributed by atoms with Gasteiger partial charge in [0.05, 0.1) is 6.61 Å². The van der Waals surface area contributed by atoms with Crippen LogP contribution in [0.4, 0.5) is 0 Å². The lowest BCUT2D eigenvalue weighted by Gasteiger charge is -2.16. The van der Waals surface area contributed by atoms with Gasteiger partial charge in [0, 0.05) is 24.9 Å². The predicted molar refractivity (Wildman–Crippen MR) is 66.1 cm³/mol. The van der Waals surface area contributed by atoms with Gasteiger partial charge >= 0.3 is 0 Å². The number of pyridine rings is 1. The molecule has 2 N–H and O–H groups in total. The van der Waals surface area contributed by atoms with Gasteiger partial charge in [-0.05, 0) is 37.8 Å². The number of rotatable bonds is 5. The summed E-state index contributed by atoms with van der Waals surface area (Å²) in [5.41, 5.74) is 9.24. The van der Waals surface area contributed by atoms with E-state index < -0.39 is 0 Å². The van der Waals surface area contributed by atoms with Crippen molar-refractivity contribution in [1.82, 2.24) is 4.98 Å². The zero-order chi connectivity index (χ0) is 12.3. The molecule has 1 aromatic rings. The van der Waals surface area contributed by atoms with Crippen molar-refractivity contribution in [2.75, 3.05) is 13.7 Å². The maximum absolute atomic E-state index is 5.79. The molecule has 94 valence electrons. The Morgan fingerprint density at radius 3 is 3.00 bits per heavy atom. The summed E-state index contributed by atoms with van der Waals surface area (Å²) in [4.78, 5) is 4.59. The Morgan fingerprint density at radius 2 is 2.29 bits per heavy atom. The molecule has 1 aromatic heterocycles. The molecule has 0 aliphatic heterocycles. The summed E-state index contributed by atoms with van der Waals surface area (Å²) >= 11 is 0. The molecule has 0 amide bonds. The van der Waals surface area contributed by atoms with Gasteiger partial charge < -0.3 is 15.2 Å². The van der Waals surface area contributed by atoms with Gasteiger partial charge in [-0.25, -0.2) is 4.98 Å². The van der Waals surface area contributed by atoms with Crippen LogP contribution in [0.25, 0.3) is 0 Å². The van der Waals surface area contributed by atoms with Crippen LogP contribution in [0.1, 0.15) is 30.2 Å². The highest BCUT2D eigenvalue weighted by Crippen LogP contribution is 2.26. The van der Waals surface area contributed by atoms with Gasteiger partial charge in [0.1, 0.15) is 6.10 Å². The largest absolute Gasteiger partial charge is 0.472 e. The van der Waals surface area contributed by atoms with Crippen LogP contribution in [0.2, 0.25) is 0 Å². The molecule has 1 atom stereocenters. The molecule has 1 aliphatic rings. The molecule has 1 heterocycles. The van der Waals surface area contributed by atoms with E-state index in [0.717, 1.165) is 18.4 Å². The molecule has 1 unspecified atom stereocenters. The van der Waals surface area contributed by atoms with Crippen LogP contribution in [0, 0.1) is 0 Å². The average Bonchev–Trinajstić information content (AvgIpc) is 2.75. The standard InChI is InChI=1S/C13H20N2O2/c1-9(8-16-2)17-13-11(7-14)6-10-4-3-5-12(10)15-13/h6,9H,3-5,7-8,14H2,1-2H3. The van der Waals surface area contributed by atoms with E-state index in [0.29, 0.717) is 19.0 Å². The van der Waals surface area contributed by atoms with Crippen LogP contribution >= 0.6 is 0 Å². The molecule has 2 rings (SSSR count). The van der Waals surface area contributed by atoms with Crippen LogP contribution in [0.3, 0.4) is 0 Å². The Labute approximate surface area is 102 Å². The summed E-state index contributed by atoms with van der Waals surface area (Å²) in [6, 6.07) is 2.14. The number of aromatic nitrogens is 1. The topological polar surface area (TPSA) is 57.4 Å². The summed E-state index contributed by atoms with van der Waals surface area (Å²) < 4.78 is 10.8. The van der Waals surface area contributed by atoms with E-state index >= 15 is 0 Å². The second-order valence-electron chi connectivity index (χ2n) is 4.50. The first-order chi connectivity index (χ1) is 8.24. The lowest BCUT2D eigenvalue weighted by Crippen LogP contribution is -2.20. The fourth-order valence-corrected chi connectivity index (χ4v) is 2.21. The molecule has 0 saturated heterocycles. The van der Waals surface area contributed by atoms with Gasteiger partial charge in [-0.3, -0.25) is 0 Å². The second kappa shape index (κ2) is 5.47. The fourth-order valence-electron chi connectivity index (χ4n) is 2.21. The highest BCUT2D eigenvalue weighted by atomic mass is 16.5. The number of nitrogens with two attached hydrogens (primary N) is 1. The number of aryl methyl sites for hydroxylation is 2. The fraction of sp³-hybridized carbons (Fsp3) is 0.615. The summed E-state index contributed by atoms with van der Waals surface area (Å²) in [5, 5.41) is 0. The van der Waals surface area contributed by atoms with E-state index in [1.54, 1.807) is 7.11 Å². The second-order valence-corrected chi connectivity index (χ2v) is 4.50. The first-order valence-corrected chi connectivity index (χ1v) is 6.12. The molecule has 0 fully saturated rings. The quantitative estimate of drug-likeness (QED) is 0.840. The van der Waals surface area contributed by atoms with Crippen LogP contribution in [-0.4, -0.2) is 24.8 Å². The van der Waals surface area contributed by atoms with Gasteiger partial charge in [-0.2, -0.15) is 0 Å². The molecule has 17 heavy (non-hydrogen) atoms. The third-order valence-electron chi connectivity index (χ3n) is 3.02. The summed E-state index contributed by atoms with van der Waals surface area (Å²) in [6.45, 7) is 3.00. The first kappa shape index (κ1) is 12.3. The summed E-state index contributed by atoms with van der Waals surface area (Å²) in [6.07, 6.45) is 3.35. The highest BCUT2D eigenvalue weighted by molar-refractivity contribution is 5.36. The smallest absolute Gasteiger partial charge is 0.218 e. The minimum absolute atomic E-state index is 0.00254. The SMILES string of the molecule is COCC(C)Oc1nc2c(cc1CN)CCC2. The third-order valence-corrected chi connectivity index (χ3v) is 3.02. The van der Waals surface area contributed by atoms with Crippen molar-refractivity contribution >= 4 is 0 Å². The van der Waals surface area contributed by atoms with Crippen LogP contribution < -0.4 is 10.5 Å². The van der Waals surface area contributed by atoms with Gasteiger partial charge in [0.2, 0.25) is 5.88 Å². The third kappa shape index (κ3) is 2.76. The van der Waals surface area contributed by atoms with Crippen molar-refractivity contribution in [3.8, 4) is 5.88 Å². The van der Waals surface area contributed by atoms with Crippen molar-refractivity contribution in [3.63, 3.8) is 0 Å². The predicted octanol–water partition coefficient (Wildman–Crippen LogP) is 1.44. The Morgan fingerprint density at radius 1 is 1.47 bits per heavy atom. The average molecular weight is 236 g/mol. The van der Waals surface area contributed by atoms with Crippen molar-refractivity contribution in [2.24, 2.45) is 5.73 Å². The molecule has 4 heteroatoms. The summed E-state index contributed by atoms with van der Waals surface area (Å²) in [5.74, 6) is 0.678. The monoisotopic (exact) mass is 236 g/mol. The van der Waals surface area contributed by atoms with Gasteiger partial charge in [-0.1, -0.05) is 0 Å². The Bertz CT molecular complexity index is 393. The number of nitrogens with zero attached hydrogens (tertiary/aromatic N) is 1. The van der Waals surface area contributed by atoms with Crippen LogP contribution in [-0.2, 0) is 24.1 Å². The molecule has 4 nitrogen and oxygen atoms in total. The number of hydrogen-bond acceptors (Lipinski definition) is 4. The normalized spacial score (nSPS) is 15.7. The summed E-state index contributed by atoms with van der Waals surface area (Å²) in [7, 11) is 1.67. The molecule has 0 radical (unpaired) electrons. The number of ether oxygens (including phenoxy) is 2. The number of hydrogen-bond donors (Lipinski definition) is 1. The van der Waals surface area contributed by atoms with Crippen LogP contribution in [0.5, 0.6) is 5.88 Å². The Balaban J connectivity index is 2.20. The molecular weight excluding hydrogens is 216 g/mol. The Kier molecular flexibility index (Phi) is 3.97. The van der Waals surface area contributed by atoms with E-state index in [2.05, 4.69) is 11.1 Å². The Hall–Kier alpha value is -1.13. The lowest BCUT2D eigenvalue weighted by atomic mass is 10.1. The maximum atomic E-state index is 5.79. The van der Waals surface area contributed by atoms with Crippen molar-refractivity contribution < 1.29 is 9.47 Å². The lowest BCUT2D eigenvalue weighted by molar-refractivity contribution is 0.0881. The van der Waals surface area contributed by atoms with E-state index in [1.807, 2.05) is 6.92 Å². The van der Waals surface area contributed by atoms with E-state index in [9.17, 15) is 0 Å². The number of methoxy groups -OCH3 is 1. The van der Waals surface area contributed by atoms with E-state index in [1.165, 1.54) is 17.7 Å². The van der Waals surface area contributed by atoms with Gasteiger partial charge in [0.15, 0.2) is 0 Å². The van der Waals surface area contributed by atoms with Crippen molar-refractivity contribution in [1.29, 1.82) is 0 Å². The zero-order valence-corrected chi connectivity index (χ0v) is 10.5. The minimum atomic E-state index is -0.00254. The molecule has 0 spiro atoms. The highest BCUT2D eigenvalue weighted by Gasteiger charge is 2.17. The minimum Gasteiger partial charge on any atom is -0.472 e. The molecule has 1 aliphatic carbocycles. The van der Waals surface area contributed by atoms with Crippen molar-refractivity contribution in [3.05, 3.63) is 22.9 Å². The van der Waals surface area contributed by atoms with Crippen molar-refractivity contribution in [2.45, 2.75) is 38.8 Å². The van der Waals surface area contributed by atoms with Crippen LogP contribution in [0.15, 0.2) is 6.07 Å². The molecule has 0 bridgehead atoms. The van der Waals surface area contributed by atoms with Gasteiger partial charge in [-0.15, -0.1) is 0 Å². The van der Waals surface area contributed by atoms with E-state index in [-0.39, 0.29) is 6.10 Å². The zero-order valence-electron chi connectivity index (χ0n) is 10.5. The maximum Gasteiger partial charge on any atom is 0.218 e. The van der Waals surface area contributed by atoms with E-state index in [4.69, 9.17) is 15.2 Å². The first-order valence-electron chi connectivity index (χ1n) is 6.12. The number of fused-ring (bicyclic) bond motifs is 1. The van der Waals surface area contributed by atoms with Gasteiger partial charge in [0.25, 0.3) is 0 Å². The molecular formula is C13H20N2O2.